The standard InChI is InChI=1S/C25H21N7O2/c1-2-22(33)29-19-8-10-26-21(15-19)24-23-17(7-9-27-24)16-28-25(31-23)30-18-3-5-20(6-4-18)32-11-13-34-14-12-32/h1,3-10,15-16H,11-14H2,(H,26,29,33)(H,28,30,31). The zero-order chi connectivity index (χ0) is 23.3. The van der Waals surface area contributed by atoms with E-state index in [9.17, 15) is 4.79 Å². The Bertz CT molecular complexity index is 1380. The third kappa shape index (κ3) is 4.62. The summed E-state index contributed by atoms with van der Waals surface area (Å²) in [7, 11) is 0. The van der Waals surface area contributed by atoms with Crippen LogP contribution < -0.4 is 15.5 Å². The molecular weight excluding hydrogens is 430 g/mol. The highest BCUT2D eigenvalue weighted by Crippen LogP contribution is 2.27. The second-order valence-electron chi connectivity index (χ2n) is 7.59. The molecule has 34 heavy (non-hydrogen) atoms. The van der Waals surface area contributed by atoms with E-state index in [1.54, 1.807) is 30.7 Å². The van der Waals surface area contributed by atoms with E-state index in [1.165, 1.54) is 0 Å². The molecule has 9 heteroatoms. The SMILES string of the molecule is C#CC(=O)Nc1ccnc(-c2nccc3cnc(Nc4ccc(N5CCOCC5)cc4)nc23)c1. The van der Waals surface area contributed by atoms with Crippen LogP contribution in [-0.2, 0) is 9.53 Å². The predicted molar refractivity (Wildman–Crippen MR) is 131 cm³/mol. The third-order valence-electron chi connectivity index (χ3n) is 5.39. The summed E-state index contributed by atoms with van der Waals surface area (Å²) < 4.78 is 5.42. The van der Waals surface area contributed by atoms with Gasteiger partial charge in [-0.2, -0.15) is 0 Å². The molecule has 1 fully saturated rings. The van der Waals surface area contributed by atoms with Gasteiger partial charge >= 0.3 is 0 Å². The van der Waals surface area contributed by atoms with Gasteiger partial charge in [0.25, 0.3) is 5.91 Å². The molecule has 0 unspecified atom stereocenters. The third-order valence-corrected chi connectivity index (χ3v) is 5.39. The lowest BCUT2D eigenvalue weighted by Gasteiger charge is -2.28. The number of carbonyl (C=O) groups excluding carboxylic acids is 1. The van der Waals surface area contributed by atoms with E-state index in [4.69, 9.17) is 16.1 Å². The second kappa shape index (κ2) is 9.52. The molecule has 0 bridgehead atoms. The van der Waals surface area contributed by atoms with Crippen LogP contribution in [0.5, 0.6) is 0 Å². The van der Waals surface area contributed by atoms with Gasteiger partial charge < -0.3 is 20.3 Å². The number of hydrogen-bond acceptors (Lipinski definition) is 8. The molecule has 0 spiro atoms. The first-order valence-corrected chi connectivity index (χ1v) is 10.8. The summed E-state index contributed by atoms with van der Waals surface area (Å²) in [4.78, 5) is 31.9. The van der Waals surface area contributed by atoms with Gasteiger partial charge in [0, 0.05) is 54.1 Å². The molecule has 9 nitrogen and oxygen atoms in total. The first-order chi connectivity index (χ1) is 16.7. The Hall–Kier alpha value is -4.55. The maximum Gasteiger partial charge on any atom is 0.300 e. The Labute approximate surface area is 196 Å². The van der Waals surface area contributed by atoms with Crippen LogP contribution in [0.15, 0.2) is 61.1 Å². The highest BCUT2D eigenvalue weighted by molar-refractivity contribution is 6.03. The number of nitrogens with one attached hydrogen (secondary N) is 2. The molecule has 4 aromatic rings. The number of fused-ring (bicyclic) bond motifs is 1. The summed E-state index contributed by atoms with van der Waals surface area (Å²) in [5, 5.41) is 6.70. The lowest BCUT2D eigenvalue weighted by molar-refractivity contribution is -0.111. The molecular formula is C25H21N7O2. The molecule has 1 amide bonds. The summed E-state index contributed by atoms with van der Waals surface area (Å²) in [5.41, 5.74) is 4.32. The number of anilines is 4. The van der Waals surface area contributed by atoms with Crippen molar-refractivity contribution in [2.75, 3.05) is 41.8 Å². The second-order valence-corrected chi connectivity index (χ2v) is 7.59. The van der Waals surface area contributed by atoms with Gasteiger partial charge in [-0.1, -0.05) is 0 Å². The van der Waals surface area contributed by atoms with Gasteiger partial charge in [0.05, 0.1) is 18.9 Å². The van der Waals surface area contributed by atoms with Crippen molar-refractivity contribution in [3.05, 3.63) is 61.1 Å². The van der Waals surface area contributed by atoms with E-state index in [-0.39, 0.29) is 0 Å². The smallest absolute Gasteiger partial charge is 0.300 e. The van der Waals surface area contributed by atoms with Gasteiger partial charge in [-0.25, -0.2) is 9.97 Å². The minimum absolute atomic E-state index is 0.442. The molecule has 1 aliphatic rings. The number of terminal acetylenes is 1. The van der Waals surface area contributed by atoms with E-state index < -0.39 is 5.91 Å². The largest absolute Gasteiger partial charge is 0.378 e. The Kier molecular flexibility index (Phi) is 5.97. The van der Waals surface area contributed by atoms with Gasteiger partial charge in [0.2, 0.25) is 5.95 Å². The van der Waals surface area contributed by atoms with Crippen molar-refractivity contribution in [2.24, 2.45) is 0 Å². The summed E-state index contributed by atoms with van der Waals surface area (Å²) in [6, 6.07) is 13.3. The molecule has 168 valence electrons. The van der Waals surface area contributed by atoms with Crippen LogP contribution in [0.3, 0.4) is 0 Å². The number of ether oxygens (including phenoxy) is 1. The van der Waals surface area contributed by atoms with Crippen molar-refractivity contribution in [1.82, 2.24) is 19.9 Å². The molecule has 1 aliphatic heterocycles. The Morgan fingerprint density at radius 2 is 1.79 bits per heavy atom. The van der Waals surface area contributed by atoms with E-state index in [0.29, 0.717) is 28.5 Å². The average molecular weight is 451 g/mol. The van der Waals surface area contributed by atoms with E-state index in [1.807, 2.05) is 24.1 Å². The van der Waals surface area contributed by atoms with E-state index in [2.05, 4.69) is 42.6 Å². The number of hydrogen-bond donors (Lipinski definition) is 2. The first-order valence-electron chi connectivity index (χ1n) is 10.8. The quantitative estimate of drug-likeness (QED) is 0.446. The molecule has 1 saturated heterocycles. The van der Waals surface area contributed by atoms with E-state index in [0.717, 1.165) is 43.1 Å². The predicted octanol–water partition coefficient (Wildman–Crippen LogP) is 3.24. The fourth-order valence-corrected chi connectivity index (χ4v) is 3.71. The fraction of sp³-hybridized carbons (Fsp3) is 0.160. The van der Waals surface area contributed by atoms with Gasteiger partial charge in [-0.3, -0.25) is 14.8 Å². The number of aromatic nitrogens is 4. The monoisotopic (exact) mass is 451 g/mol. The average Bonchev–Trinajstić information content (AvgIpc) is 2.89. The zero-order valence-corrected chi connectivity index (χ0v) is 18.2. The first kappa shape index (κ1) is 21.3. The normalized spacial score (nSPS) is 13.3. The minimum atomic E-state index is -0.531. The van der Waals surface area contributed by atoms with Crippen molar-refractivity contribution in [2.45, 2.75) is 0 Å². The molecule has 0 atom stereocenters. The van der Waals surface area contributed by atoms with Crippen LogP contribution in [0.4, 0.5) is 23.0 Å². The van der Waals surface area contributed by atoms with Crippen LogP contribution >= 0.6 is 0 Å². The lowest BCUT2D eigenvalue weighted by Crippen LogP contribution is -2.36. The van der Waals surface area contributed by atoms with E-state index >= 15 is 0 Å². The molecule has 4 heterocycles. The van der Waals surface area contributed by atoms with Crippen molar-refractivity contribution >= 4 is 39.8 Å². The van der Waals surface area contributed by atoms with Crippen LogP contribution in [0, 0.1) is 12.3 Å². The molecule has 2 N–H and O–H groups in total. The zero-order valence-electron chi connectivity index (χ0n) is 18.2. The highest BCUT2D eigenvalue weighted by Gasteiger charge is 2.13. The highest BCUT2D eigenvalue weighted by atomic mass is 16.5. The fourth-order valence-electron chi connectivity index (χ4n) is 3.71. The van der Waals surface area contributed by atoms with Gasteiger partial charge in [0.1, 0.15) is 11.2 Å². The van der Waals surface area contributed by atoms with Crippen molar-refractivity contribution in [3.63, 3.8) is 0 Å². The Balaban J connectivity index is 1.41. The maximum absolute atomic E-state index is 11.6. The van der Waals surface area contributed by atoms with Crippen LogP contribution in [-0.4, -0.2) is 52.1 Å². The molecule has 0 saturated carbocycles. The van der Waals surface area contributed by atoms with Crippen molar-refractivity contribution in [3.8, 4) is 23.7 Å². The number of morpholine rings is 1. The Morgan fingerprint density at radius 1 is 1.00 bits per heavy atom. The summed E-state index contributed by atoms with van der Waals surface area (Å²) in [5.74, 6) is 1.94. The molecule has 5 rings (SSSR count). The number of amides is 1. The summed E-state index contributed by atoms with van der Waals surface area (Å²) in [6.45, 7) is 3.26. The molecule has 3 aromatic heterocycles. The van der Waals surface area contributed by atoms with Gasteiger partial charge in [-0.15, -0.1) is 6.42 Å². The van der Waals surface area contributed by atoms with Gasteiger partial charge in [-0.05, 0) is 48.4 Å². The molecule has 0 aliphatic carbocycles. The lowest BCUT2D eigenvalue weighted by atomic mass is 10.1. The van der Waals surface area contributed by atoms with Crippen molar-refractivity contribution in [1.29, 1.82) is 0 Å². The maximum atomic E-state index is 11.6. The molecule has 0 radical (unpaired) electrons. The number of benzene rings is 1. The summed E-state index contributed by atoms with van der Waals surface area (Å²) >= 11 is 0. The number of carbonyl (C=O) groups is 1. The molecule has 1 aromatic carbocycles. The minimum Gasteiger partial charge on any atom is -0.378 e. The number of pyridine rings is 2. The van der Waals surface area contributed by atoms with Crippen LogP contribution in [0.1, 0.15) is 0 Å². The van der Waals surface area contributed by atoms with Crippen LogP contribution in [0.25, 0.3) is 22.3 Å². The topological polar surface area (TPSA) is 105 Å². The van der Waals surface area contributed by atoms with Crippen molar-refractivity contribution < 1.29 is 9.53 Å². The number of nitrogens with zero attached hydrogens (tertiary/aromatic N) is 5. The Morgan fingerprint density at radius 3 is 2.59 bits per heavy atom. The van der Waals surface area contributed by atoms with Crippen LogP contribution in [0.2, 0.25) is 0 Å². The number of rotatable bonds is 5. The van der Waals surface area contributed by atoms with Gasteiger partial charge in [0.15, 0.2) is 0 Å². The summed E-state index contributed by atoms with van der Waals surface area (Å²) in [6.07, 6.45) is 10.1.